The number of fused-ring (bicyclic) bond motifs is 1. The van der Waals surface area contributed by atoms with Gasteiger partial charge in [-0.2, -0.15) is 4.68 Å². The zero-order valence-corrected chi connectivity index (χ0v) is 16.8. The number of allylic oxidation sites excluding steroid dienone is 1. The summed E-state index contributed by atoms with van der Waals surface area (Å²) >= 11 is 0. The van der Waals surface area contributed by atoms with Crippen LogP contribution in [0.25, 0.3) is 0 Å². The quantitative estimate of drug-likeness (QED) is 0.766. The summed E-state index contributed by atoms with van der Waals surface area (Å²) in [5.74, 6) is 1.18. The van der Waals surface area contributed by atoms with E-state index in [1.807, 2.05) is 19.1 Å². The van der Waals surface area contributed by atoms with E-state index in [9.17, 15) is 4.79 Å². The fourth-order valence-corrected chi connectivity index (χ4v) is 4.09. The lowest BCUT2D eigenvalue weighted by molar-refractivity contribution is -0.146. The van der Waals surface area contributed by atoms with Gasteiger partial charge in [0, 0.05) is 11.3 Å². The minimum absolute atomic E-state index is 0.0559. The van der Waals surface area contributed by atoms with Crippen molar-refractivity contribution in [1.29, 1.82) is 0 Å². The lowest BCUT2D eigenvalue weighted by Crippen LogP contribution is -2.32. The van der Waals surface area contributed by atoms with Crippen molar-refractivity contribution in [3.8, 4) is 11.5 Å². The second-order valence-corrected chi connectivity index (χ2v) is 7.26. The largest absolute Gasteiger partial charge is 0.493 e. The van der Waals surface area contributed by atoms with Gasteiger partial charge in [-0.05, 0) is 49.1 Å². The SMILES string of the molecule is COc1cccc(C2C(C(=O)OC3CCCCC3)=C(C)Nc3nnnn32)c1OC. The van der Waals surface area contributed by atoms with Gasteiger partial charge in [0.1, 0.15) is 12.1 Å². The number of anilines is 1. The molecule has 1 N–H and O–H groups in total. The first-order valence-electron chi connectivity index (χ1n) is 9.81. The highest BCUT2D eigenvalue weighted by Crippen LogP contribution is 2.42. The Labute approximate surface area is 169 Å². The predicted molar refractivity (Wildman–Crippen MR) is 105 cm³/mol. The molecule has 1 aromatic heterocycles. The minimum Gasteiger partial charge on any atom is -0.493 e. The van der Waals surface area contributed by atoms with E-state index in [-0.39, 0.29) is 12.1 Å². The summed E-state index contributed by atoms with van der Waals surface area (Å²) in [4.78, 5) is 13.3. The highest BCUT2D eigenvalue weighted by molar-refractivity contribution is 5.92. The average Bonchev–Trinajstić information content (AvgIpc) is 3.20. The molecule has 0 amide bonds. The molecule has 0 bridgehead atoms. The summed E-state index contributed by atoms with van der Waals surface area (Å²) in [5, 5.41) is 15.0. The Balaban J connectivity index is 1.78. The van der Waals surface area contributed by atoms with Crippen LogP contribution >= 0.6 is 0 Å². The topological polar surface area (TPSA) is 100 Å². The van der Waals surface area contributed by atoms with Crippen LogP contribution < -0.4 is 14.8 Å². The summed E-state index contributed by atoms with van der Waals surface area (Å²) in [6.07, 6.45) is 5.09. The molecule has 29 heavy (non-hydrogen) atoms. The Hall–Kier alpha value is -3.10. The van der Waals surface area contributed by atoms with Crippen molar-refractivity contribution in [2.75, 3.05) is 19.5 Å². The van der Waals surface area contributed by atoms with Crippen molar-refractivity contribution >= 4 is 11.9 Å². The standard InChI is InChI=1S/C20H25N5O4/c1-12-16(19(26)29-13-8-5-4-6-9-13)17(25-20(21-12)22-23-24-25)14-10-7-11-15(27-2)18(14)28-3/h7,10-11,13,17H,4-6,8-9H2,1-3H3,(H,21,22,24). The summed E-state index contributed by atoms with van der Waals surface area (Å²) in [6, 6.07) is 4.94. The second kappa shape index (κ2) is 8.10. The summed E-state index contributed by atoms with van der Waals surface area (Å²) in [6.45, 7) is 1.83. The third kappa shape index (κ3) is 3.52. The Bertz CT molecular complexity index is 933. The van der Waals surface area contributed by atoms with Crippen LogP contribution in [0.2, 0.25) is 0 Å². The number of rotatable bonds is 5. The van der Waals surface area contributed by atoms with Gasteiger partial charge in [-0.25, -0.2) is 4.79 Å². The van der Waals surface area contributed by atoms with Crippen LogP contribution in [0.5, 0.6) is 11.5 Å². The monoisotopic (exact) mass is 399 g/mol. The van der Waals surface area contributed by atoms with Crippen molar-refractivity contribution in [2.45, 2.75) is 51.2 Å². The molecule has 0 saturated heterocycles. The van der Waals surface area contributed by atoms with Gasteiger partial charge in [-0.1, -0.05) is 23.7 Å². The highest BCUT2D eigenvalue weighted by atomic mass is 16.5. The molecule has 9 heteroatoms. The van der Waals surface area contributed by atoms with E-state index in [2.05, 4.69) is 20.8 Å². The molecule has 4 rings (SSSR count). The van der Waals surface area contributed by atoms with Crippen molar-refractivity contribution in [3.63, 3.8) is 0 Å². The maximum atomic E-state index is 13.3. The number of aromatic nitrogens is 4. The van der Waals surface area contributed by atoms with Crippen molar-refractivity contribution < 1.29 is 19.0 Å². The van der Waals surface area contributed by atoms with Crippen LogP contribution in [0.3, 0.4) is 0 Å². The summed E-state index contributed by atoms with van der Waals surface area (Å²) in [7, 11) is 3.14. The van der Waals surface area contributed by atoms with Crippen LogP contribution in [0, 0.1) is 0 Å². The first-order valence-corrected chi connectivity index (χ1v) is 9.81. The number of nitrogens with one attached hydrogen (secondary N) is 1. The Morgan fingerprint density at radius 3 is 2.69 bits per heavy atom. The highest BCUT2D eigenvalue weighted by Gasteiger charge is 2.38. The molecule has 0 spiro atoms. The van der Waals surface area contributed by atoms with Gasteiger partial charge < -0.3 is 19.5 Å². The normalized spacial score (nSPS) is 19.3. The van der Waals surface area contributed by atoms with Gasteiger partial charge in [0.05, 0.1) is 19.8 Å². The molecule has 1 aliphatic carbocycles. The number of hydrogen-bond acceptors (Lipinski definition) is 8. The number of carbonyl (C=O) groups excluding carboxylic acids is 1. The molecule has 1 saturated carbocycles. The molecule has 9 nitrogen and oxygen atoms in total. The summed E-state index contributed by atoms with van der Waals surface area (Å²) in [5.41, 5.74) is 1.83. The molecule has 1 atom stereocenters. The number of esters is 1. The van der Waals surface area contributed by atoms with E-state index < -0.39 is 6.04 Å². The number of para-hydroxylation sites is 1. The Morgan fingerprint density at radius 1 is 1.17 bits per heavy atom. The molecule has 1 unspecified atom stereocenters. The third-order valence-corrected chi connectivity index (χ3v) is 5.49. The van der Waals surface area contributed by atoms with Crippen LogP contribution in [0.15, 0.2) is 29.5 Å². The first kappa shape index (κ1) is 19.2. The molecule has 2 heterocycles. The van der Waals surface area contributed by atoms with E-state index in [1.54, 1.807) is 25.0 Å². The molecule has 1 aromatic carbocycles. The smallest absolute Gasteiger partial charge is 0.338 e. The maximum Gasteiger partial charge on any atom is 0.338 e. The molecule has 1 fully saturated rings. The fraction of sp³-hybridized carbons (Fsp3) is 0.500. The molecular weight excluding hydrogens is 374 g/mol. The molecule has 1 aliphatic heterocycles. The van der Waals surface area contributed by atoms with E-state index >= 15 is 0 Å². The lowest BCUT2D eigenvalue weighted by atomic mass is 9.94. The molecule has 2 aliphatic rings. The van der Waals surface area contributed by atoms with Gasteiger partial charge in [-0.15, -0.1) is 0 Å². The van der Waals surface area contributed by atoms with Crippen LogP contribution in [0.4, 0.5) is 5.95 Å². The van der Waals surface area contributed by atoms with E-state index in [1.165, 1.54) is 6.42 Å². The van der Waals surface area contributed by atoms with E-state index in [0.717, 1.165) is 31.2 Å². The third-order valence-electron chi connectivity index (χ3n) is 5.49. The number of carbonyl (C=O) groups is 1. The summed E-state index contributed by atoms with van der Waals surface area (Å²) < 4.78 is 18.5. The van der Waals surface area contributed by atoms with Gasteiger partial charge in [-0.3, -0.25) is 0 Å². The molecular formula is C20H25N5O4. The Morgan fingerprint density at radius 2 is 1.97 bits per heavy atom. The molecule has 154 valence electrons. The molecule has 0 radical (unpaired) electrons. The Kier molecular flexibility index (Phi) is 5.37. The van der Waals surface area contributed by atoms with Crippen LogP contribution in [-0.2, 0) is 9.53 Å². The number of tetrazole rings is 1. The first-order chi connectivity index (χ1) is 14.1. The predicted octanol–water partition coefficient (Wildman–Crippen LogP) is 2.86. The molecule has 2 aromatic rings. The average molecular weight is 399 g/mol. The number of methoxy groups -OCH3 is 2. The zero-order chi connectivity index (χ0) is 20.4. The van der Waals surface area contributed by atoms with E-state index in [0.29, 0.717) is 28.7 Å². The van der Waals surface area contributed by atoms with Crippen molar-refractivity contribution in [1.82, 2.24) is 20.2 Å². The van der Waals surface area contributed by atoms with Gasteiger partial charge in [0.15, 0.2) is 11.5 Å². The van der Waals surface area contributed by atoms with E-state index in [4.69, 9.17) is 14.2 Å². The van der Waals surface area contributed by atoms with Gasteiger partial charge in [0.25, 0.3) is 0 Å². The lowest BCUT2D eigenvalue weighted by Gasteiger charge is -2.30. The second-order valence-electron chi connectivity index (χ2n) is 7.26. The van der Waals surface area contributed by atoms with Gasteiger partial charge in [0.2, 0.25) is 5.95 Å². The van der Waals surface area contributed by atoms with Gasteiger partial charge >= 0.3 is 5.97 Å². The van der Waals surface area contributed by atoms with Crippen molar-refractivity contribution in [3.05, 3.63) is 35.0 Å². The fourth-order valence-electron chi connectivity index (χ4n) is 4.09. The van der Waals surface area contributed by atoms with Crippen LogP contribution in [0.1, 0.15) is 50.6 Å². The number of hydrogen-bond donors (Lipinski definition) is 1. The number of benzene rings is 1. The maximum absolute atomic E-state index is 13.3. The van der Waals surface area contributed by atoms with Crippen molar-refractivity contribution in [2.24, 2.45) is 0 Å². The number of nitrogens with zero attached hydrogens (tertiary/aromatic N) is 4. The number of ether oxygens (including phenoxy) is 3. The minimum atomic E-state index is -0.595. The van der Waals surface area contributed by atoms with Crippen LogP contribution in [-0.4, -0.2) is 46.5 Å². The zero-order valence-electron chi connectivity index (χ0n) is 16.8.